The van der Waals surface area contributed by atoms with Crippen molar-refractivity contribution in [3.63, 3.8) is 0 Å². The van der Waals surface area contributed by atoms with E-state index in [4.69, 9.17) is 0 Å². The van der Waals surface area contributed by atoms with Gasteiger partial charge in [0.1, 0.15) is 0 Å². The van der Waals surface area contributed by atoms with Crippen molar-refractivity contribution in [1.29, 1.82) is 0 Å². The van der Waals surface area contributed by atoms with Gasteiger partial charge in [0.15, 0.2) is 0 Å². The van der Waals surface area contributed by atoms with Crippen LogP contribution in [0.15, 0.2) is 44.0 Å². The van der Waals surface area contributed by atoms with E-state index in [9.17, 15) is 4.79 Å². The Hall–Kier alpha value is -0.650. The average molecular weight is 361 g/mol. The number of carbonyl (C=O) groups is 1. The van der Waals surface area contributed by atoms with E-state index in [0.717, 1.165) is 14.6 Å². The second-order valence-corrected chi connectivity index (χ2v) is 5.64. The number of benzene rings is 1. The number of amides is 1. The Balaban J connectivity index is 2.24. The van der Waals surface area contributed by atoms with Crippen LogP contribution in [0.4, 0.5) is 5.69 Å². The van der Waals surface area contributed by atoms with Gasteiger partial charge in [-0.05, 0) is 45.6 Å². The Morgan fingerprint density at radius 1 is 1.25 bits per heavy atom. The van der Waals surface area contributed by atoms with E-state index in [1.165, 1.54) is 0 Å². The Morgan fingerprint density at radius 2 is 2.06 bits per heavy atom. The monoisotopic (exact) mass is 359 g/mol. The number of thiophene rings is 1. The SMILES string of the molecule is O=C(Nc1ccsc1)c1cc(Br)ccc1Br. The Morgan fingerprint density at radius 3 is 2.75 bits per heavy atom. The van der Waals surface area contributed by atoms with Gasteiger partial charge in [-0.3, -0.25) is 4.79 Å². The summed E-state index contributed by atoms with van der Waals surface area (Å²) in [6.07, 6.45) is 0. The van der Waals surface area contributed by atoms with Gasteiger partial charge in [0, 0.05) is 14.3 Å². The molecule has 2 aromatic rings. The minimum Gasteiger partial charge on any atom is -0.321 e. The molecular formula is C11H7Br2NOS. The van der Waals surface area contributed by atoms with Gasteiger partial charge in [-0.25, -0.2) is 0 Å². The lowest BCUT2D eigenvalue weighted by atomic mass is 10.2. The number of hydrogen-bond donors (Lipinski definition) is 1. The summed E-state index contributed by atoms with van der Waals surface area (Å²) < 4.78 is 1.66. The van der Waals surface area contributed by atoms with Crippen molar-refractivity contribution in [1.82, 2.24) is 0 Å². The van der Waals surface area contributed by atoms with Crippen molar-refractivity contribution in [3.8, 4) is 0 Å². The normalized spacial score (nSPS) is 10.1. The summed E-state index contributed by atoms with van der Waals surface area (Å²) in [7, 11) is 0. The predicted molar refractivity (Wildman–Crippen MR) is 74.1 cm³/mol. The molecule has 2 nitrogen and oxygen atoms in total. The van der Waals surface area contributed by atoms with E-state index in [-0.39, 0.29) is 5.91 Å². The molecule has 1 heterocycles. The Labute approximate surface area is 114 Å². The van der Waals surface area contributed by atoms with Crippen LogP contribution >= 0.6 is 43.2 Å². The molecule has 1 N–H and O–H groups in total. The molecular weight excluding hydrogens is 354 g/mol. The van der Waals surface area contributed by atoms with Crippen molar-refractivity contribution in [2.45, 2.75) is 0 Å². The maximum absolute atomic E-state index is 11.9. The van der Waals surface area contributed by atoms with Crippen LogP contribution in [0.25, 0.3) is 0 Å². The third kappa shape index (κ3) is 2.72. The fraction of sp³-hybridized carbons (Fsp3) is 0. The lowest BCUT2D eigenvalue weighted by Crippen LogP contribution is -2.11. The van der Waals surface area contributed by atoms with Crippen LogP contribution in [0.2, 0.25) is 0 Å². The quantitative estimate of drug-likeness (QED) is 0.837. The number of carbonyl (C=O) groups excluding carboxylic acids is 1. The number of nitrogens with one attached hydrogen (secondary N) is 1. The minimum absolute atomic E-state index is 0.119. The molecule has 0 spiro atoms. The number of rotatable bonds is 2. The van der Waals surface area contributed by atoms with E-state index in [0.29, 0.717) is 5.56 Å². The summed E-state index contributed by atoms with van der Waals surface area (Å²) in [5.74, 6) is -0.119. The molecule has 1 aromatic carbocycles. The second kappa shape index (κ2) is 5.12. The molecule has 0 saturated heterocycles. The van der Waals surface area contributed by atoms with Gasteiger partial charge in [-0.15, -0.1) is 0 Å². The molecule has 0 saturated carbocycles. The van der Waals surface area contributed by atoms with Crippen molar-refractivity contribution < 1.29 is 4.79 Å². The first kappa shape index (κ1) is 11.8. The van der Waals surface area contributed by atoms with Gasteiger partial charge >= 0.3 is 0 Å². The van der Waals surface area contributed by atoms with Crippen LogP contribution < -0.4 is 5.32 Å². The molecule has 5 heteroatoms. The molecule has 1 aromatic heterocycles. The topological polar surface area (TPSA) is 29.1 Å². The zero-order chi connectivity index (χ0) is 11.5. The zero-order valence-electron chi connectivity index (χ0n) is 8.04. The molecule has 0 fully saturated rings. The number of anilines is 1. The number of halogens is 2. The van der Waals surface area contributed by atoms with Gasteiger partial charge in [-0.2, -0.15) is 11.3 Å². The molecule has 0 unspecified atom stereocenters. The summed E-state index contributed by atoms with van der Waals surface area (Å²) in [5, 5.41) is 6.64. The molecule has 1 amide bonds. The number of hydrogen-bond acceptors (Lipinski definition) is 2. The van der Waals surface area contributed by atoms with Crippen LogP contribution in [0.3, 0.4) is 0 Å². The smallest absolute Gasteiger partial charge is 0.256 e. The first-order chi connectivity index (χ1) is 7.66. The van der Waals surface area contributed by atoms with Crippen LogP contribution in [0, 0.1) is 0 Å². The van der Waals surface area contributed by atoms with Crippen LogP contribution in [-0.2, 0) is 0 Å². The minimum atomic E-state index is -0.119. The van der Waals surface area contributed by atoms with E-state index in [1.54, 1.807) is 17.4 Å². The van der Waals surface area contributed by atoms with Crippen LogP contribution in [0.1, 0.15) is 10.4 Å². The maximum atomic E-state index is 11.9. The van der Waals surface area contributed by atoms with E-state index in [1.807, 2.05) is 29.0 Å². The highest BCUT2D eigenvalue weighted by Crippen LogP contribution is 2.23. The summed E-state index contributed by atoms with van der Waals surface area (Å²) in [4.78, 5) is 11.9. The van der Waals surface area contributed by atoms with E-state index >= 15 is 0 Å². The highest BCUT2D eigenvalue weighted by atomic mass is 79.9. The molecule has 0 aliphatic heterocycles. The molecule has 0 aliphatic carbocycles. The Bertz CT molecular complexity index is 511. The van der Waals surface area contributed by atoms with Gasteiger partial charge in [0.25, 0.3) is 5.91 Å². The fourth-order valence-electron chi connectivity index (χ4n) is 1.21. The highest BCUT2D eigenvalue weighted by molar-refractivity contribution is 9.11. The fourth-order valence-corrected chi connectivity index (χ4v) is 2.58. The highest BCUT2D eigenvalue weighted by Gasteiger charge is 2.10. The summed E-state index contributed by atoms with van der Waals surface area (Å²) in [6, 6.07) is 7.37. The van der Waals surface area contributed by atoms with E-state index in [2.05, 4.69) is 37.2 Å². The molecule has 2 rings (SSSR count). The van der Waals surface area contributed by atoms with Crippen molar-refractivity contribution in [3.05, 3.63) is 49.5 Å². The van der Waals surface area contributed by atoms with Crippen LogP contribution in [0.5, 0.6) is 0 Å². The summed E-state index contributed by atoms with van der Waals surface area (Å²) in [5.41, 5.74) is 1.43. The lowest BCUT2D eigenvalue weighted by molar-refractivity contribution is 0.102. The van der Waals surface area contributed by atoms with Crippen molar-refractivity contribution >= 4 is 54.8 Å². The summed E-state index contributed by atoms with van der Waals surface area (Å²) >= 11 is 8.25. The van der Waals surface area contributed by atoms with Crippen molar-refractivity contribution in [2.75, 3.05) is 5.32 Å². The standard InChI is InChI=1S/C11H7Br2NOS/c12-7-1-2-10(13)9(5-7)11(15)14-8-3-4-16-6-8/h1-6H,(H,14,15). The van der Waals surface area contributed by atoms with Gasteiger partial charge in [0.2, 0.25) is 0 Å². The average Bonchev–Trinajstić information content (AvgIpc) is 2.74. The molecule has 0 bridgehead atoms. The second-order valence-electron chi connectivity index (χ2n) is 3.09. The largest absolute Gasteiger partial charge is 0.321 e. The third-order valence-corrected chi connectivity index (χ3v) is 3.82. The molecule has 82 valence electrons. The zero-order valence-corrected chi connectivity index (χ0v) is 12.0. The Kier molecular flexibility index (Phi) is 3.78. The first-order valence-electron chi connectivity index (χ1n) is 4.45. The van der Waals surface area contributed by atoms with Crippen LogP contribution in [-0.4, -0.2) is 5.91 Å². The molecule has 0 atom stereocenters. The molecule has 0 radical (unpaired) electrons. The summed E-state index contributed by atoms with van der Waals surface area (Å²) in [6.45, 7) is 0. The van der Waals surface area contributed by atoms with E-state index < -0.39 is 0 Å². The van der Waals surface area contributed by atoms with Gasteiger partial charge in [-0.1, -0.05) is 15.9 Å². The van der Waals surface area contributed by atoms with Gasteiger partial charge in [0.05, 0.1) is 11.3 Å². The molecule has 16 heavy (non-hydrogen) atoms. The molecule has 0 aliphatic rings. The first-order valence-corrected chi connectivity index (χ1v) is 6.98. The predicted octanol–water partition coefficient (Wildman–Crippen LogP) is 4.53. The van der Waals surface area contributed by atoms with Gasteiger partial charge < -0.3 is 5.32 Å². The maximum Gasteiger partial charge on any atom is 0.256 e. The van der Waals surface area contributed by atoms with Crippen molar-refractivity contribution in [2.24, 2.45) is 0 Å². The lowest BCUT2D eigenvalue weighted by Gasteiger charge is -2.05. The third-order valence-electron chi connectivity index (χ3n) is 1.95.